The Labute approximate surface area is 236 Å². The Morgan fingerprint density at radius 3 is 2.10 bits per heavy atom. The summed E-state index contributed by atoms with van der Waals surface area (Å²) in [5.41, 5.74) is 7.85. The van der Waals surface area contributed by atoms with E-state index in [9.17, 15) is 24.3 Å². The topological polar surface area (TPSA) is 151 Å². The van der Waals surface area contributed by atoms with Gasteiger partial charge in [0.15, 0.2) is 0 Å². The molecule has 0 saturated carbocycles. The smallest absolute Gasteiger partial charge is 0.408 e. The first-order valence-corrected chi connectivity index (χ1v) is 13.3. The number of phenols is 1. The lowest BCUT2D eigenvalue weighted by atomic mass is 9.97. The molecule has 2 atom stereocenters. The van der Waals surface area contributed by atoms with Crippen molar-refractivity contribution < 1.29 is 29.0 Å². The van der Waals surface area contributed by atoms with Crippen LogP contribution in [0.3, 0.4) is 0 Å². The third kappa shape index (κ3) is 8.72. The Bertz CT molecular complexity index is 1230. The fraction of sp³-hybridized carbons (Fsp3) is 0.467. The number of benzene rings is 2. The number of nitrogens with one attached hydrogen (secondary N) is 2. The molecule has 2 unspecified atom stereocenters. The predicted octanol–water partition coefficient (Wildman–Crippen LogP) is 4.39. The molecule has 0 bridgehead atoms. The predicted molar refractivity (Wildman–Crippen MR) is 154 cm³/mol. The zero-order chi connectivity index (χ0) is 30.4. The summed E-state index contributed by atoms with van der Waals surface area (Å²) in [5, 5.41) is 15.7. The normalized spacial score (nSPS) is 12.8. The highest BCUT2D eigenvalue weighted by Gasteiger charge is 2.38. The number of aryl methyl sites for hydroxylation is 3. The molecule has 5 N–H and O–H groups in total. The Balaban J connectivity index is 2.60. The number of alkyl carbamates (subject to hydrolysis) is 1. The Morgan fingerprint density at radius 1 is 1.00 bits per heavy atom. The highest BCUT2D eigenvalue weighted by Crippen LogP contribution is 2.31. The van der Waals surface area contributed by atoms with E-state index in [4.69, 9.17) is 10.5 Å². The zero-order valence-corrected chi connectivity index (χ0v) is 24.6. The molecule has 0 aliphatic rings. The first-order valence-electron chi connectivity index (χ1n) is 13.3. The summed E-state index contributed by atoms with van der Waals surface area (Å²) in [6, 6.07) is 7.49. The van der Waals surface area contributed by atoms with E-state index in [1.165, 1.54) is 11.0 Å². The van der Waals surface area contributed by atoms with Crippen LogP contribution in [-0.4, -0.2) is 51.5 Å². The van der Waals surface area contributed by atoms with Crippen LogP contribution in [0.1, 0.15) is 75.8 Å². The molecule has 0 aromatic heterocycles. The number of amides is 4. The summed E-state index contributed by atoms with van der Waals surface area (Å²) in [4.78, 5) is 53.8. The molecule has 2 aromatic carbocycles. The van der Waals surface area contributed by atoms with Crippen LogP contribution >= 0.6 is 0 Å². The highest BCUT2D eigenvalue weighted by molar-refractivity contribution is 6.00. The van der Waals surface area contributed by atoms with Crippen molar-refractivity contribution in [2.24, 2.45) is 5.73 Å². The quantitative estimate of drug-likeness (QED) is 0.342. The number of para-hydroxylation sites is 1. The van der Waals surface area contributed by atoms with Crippen LogP contribution in [0.4, 0.5) is 10.5 Å². The van der Waals surface area contributed by atoms with Crippen molar-refractivity contribution in [2.75, 3.05) is 5.32 Å². The van der Waals surface area contributed by atoms with Crippen LogP contribution in [0.15, 0.2) is 36.4 Å². The number of phenolic OH excluding ortho intramolecular Hbond substituents is 1. The van der Waals surface area contributed by atoms with E-state index in [-0.39, 0.29) is 18.6 Å². The number of carbonyl (C=O) groups is 4. The first-order chi connectivity index (χ1) is 18.5. The molecule has 4 amide bonds. The van der Waals surface area contributed by atoms with E-state index in [1.54, 1.807) is 53.7 Å². The number of carbonyl (C=O) groups excluding carboxylic acids is 4. The minimum atomic E-state index is -1.20. The molecule has 10 nitrogen and oxygen atoms in total. The van der Waals surface area contributed by atoms with Crippen LogP contribution in [0.2, 0.25) is 0 Å². The van der Waals surface area contributed by atoms with Gasteiger partial charge in [-0.05, 0) is 96.2 Å². The maximum Gasteiger partial charge on any atom is 0.408 e. The van der Waals surface area contributed by atoms with Gasteiger partial charge in [0.2, 0.25) is 11.8 Å². The number of hydrogen-bond donors (Lipinski definition) is 4. The van der Waals surface area contributed by atoms with Gasteiger partial charge in [-0.25, -0.2) is 4.79 Å². The van der Waals surface area contributed by atoms with Crippen LogP contribution in [-0.2, 0) is 19.1 Å². The number of anilines is 1. The third-order valence-corrected chi connectivity index (χ3v) is 6.27. The summed E-state index contributed by atoms with van der Waals surface area (Å²) in [6.07, 6.45) is -1.09. The van der Waals surface area contributed by atoms with Crippen molar-refractivity contribution in [3.8, 4) is 5.75 Å². The van der Waals surface area contributed by atoms with Crippen LogP contribution < -0.4 is 16.4 Å². The van der Waals surface area contributed by atoms with E-state index in [0.717, 1.165) is 11.1 Å². The maximum absolute atomic E-state index is 14.1. The second-order valence-electron chi connectivity index (χ2n) is 11.2. The van der Waals surface area contributed by atoms with Gasteiger partial charge in [0, 0.05) is 18.2 Å². The molecular weight excluding hydrogens is 512 g/mol. The van der Waals surface area contributed by atoms with E-state index < -0.39 is 47.5 Å². The Kier molecular flexibility index (Phi) is 10.7. The molecule has 0 aliphatic heterocycles. The van der Waals surface area contributed by atoms with Crippen molar-refractivity contribution in [3.05, 3.63) is 58.7 Å². The second kappa shape index (κ2) is 13.3. The van der Waals surface area contributed by atoms with Crippen molar-refractivity contribution in [2.45, 2.75) is 92.0 Å². The van der Waals surface area contributed by atoms with Gasteiger partial charge < -0.3 is 31.1 Å². The number of ether oxygens (including phenoxy) is 1. The molecule has 218 valence electrons. The lowest BCUT2D eigenvalue weighted by molar-refractivity contribution is -0.143. The number of rotatable bonds is 10. The standard InChI is InChI=1S/C30H42N4O6/c1-17(2)34(28(38)22(13-15-24(31)36)32-29(39)40-30(6,7)8)26(21-12-14-23(35)20(5)16-21)27(37)33-25-18(3)10-9-11-19(25)4/h9-12,14,16-17,22,26,35H,13,15H2,1-8H3,(H2,31,36)(H,32,39)(H,33,37). The number of aromatic hydroxyl groups is 1. The summed E-state index contributed by atoms with van der Waals surface area (Å²) in [5.74, 6) is -1.66. The molecule has 0 radical (unpaired) electrons. The van der Waals surface area contributed by atoms with Crippen molar-refractivity contribution >= 4 is 29.5 Å². The van der Waals surface area contributed by atoms with Crippen molar-refractivity contribution in [1.82, 2.24) is 10.2 Å². The molecule has 0 spiro atoms. The number of hydrogen-bond acceptors (Lipinski definition) is 6. The van der Waals surface area contributed by atoms with Gasteiger partial charge in [-0.15, -0.1) is 0 Å². The van der Waals surface area contributed by atoms with E-state index in [0.29, 0.717) is 16.8 Å². The van der Waals surface area contributed by atoms with Crippen LogP contribution in [0.5, 0.6) is 5.75 Å². The third-order valence-electron chi connectivity index (χ3n) is 6.27. The van der Waals surface area contributed by atoms with Gasteiger partial charge in [-0.2, -0.15) is 0 Å². The molecular formula is C30H42N4O6. The van der Waals surface area contributed by atoms with E-state index >= 15 is 0 Å². The molecule has 0 fully saturated rings. The highest BCUT2D eigenvalue weighted by atomic mass is 16.6. The minimum absolute atomic E-state index is 0.0472. The average molecular weight is 555 g/mol. The summed E-state index contributed by atoms with van der Waals surface area (Å²) in [6.45, 7) is 14.0. The maximum atomic E-state index is 14.1. The number of nitrogens with zero attached hydrogens (tertiary/aromatic N) is 1. The monoisotopic (exact) mass is 554 g/mol. The fourth-order valence-electron chi connectivity index (χ4n) is 4.34. The molecule has 2 rings (SSSR count). The van der Waals surface area contributed by atoms with Crippen molar-refractivity contribution in [3.63, 3.8) is 0 Å². The Morgan fingerprint density at radius 2 is 1.60 bits per heavy atom. The summed E-state index contributed by atoms with van der Waals surface area (Å²) < 4.78 is 5.35. The van der Waals surface area contributed by atoms with Gasteiger partial charge in [0.1, 0.15) is 23.4 Å². The zero-order valence-electron chi connectivity index (χ0n) is 24.6. The summed E-state index contributed by atoms with van der Waals surface area (Å²) in [7, 11) is 0. The van der Waals surface area contributed by atoms with E-state index in [2.05, 4.69) is 10.6 Å². The van der Waals surface area contributed by atoms with Gasteiger partial charge >= 0.3 is 6.09 Å². The van der Waals surface area contributed by atoms with E-state index in [1.807, 2.05) is 32.0 Å². The van der Waals surface area contributed by atoms with Gasteiger partial charge in [-0.1, -0.05) is 24.3 Å². The first kappa shape index (κ1) is 32.1. The minimum Gasteiger partial charge on any atom is -0.508 e. The SMILES string of the molecule is Cc1cc(C(C(=O)Nc2c(C)cccc2C)N(C(=O)C(CCC(N)=O)NC(=O)OC(C)(C)C)C(C)C)ccc1O. The van der Waals surface area contributed by atoms with Gasteiger partial charge in [-0.3, -0.25) is 14.4 Å². The molecule has 2 aromatic rings. The molecule has 10 heteroatoms. The average Bonchev–Trinajstić information content (AvgIpc) is 2.82. The lowest BCUT2D eigenvalue weighted by Gasteiger charge is -2.37. The van der Waals surface area contributed by atoms with Crippen LogP contribution in [0.25, 0.3) is 0 Å². The number of nitrogens with two attached hydrogens (primary N) is 1. The van der Waals surface area contributed by atoms with Crippen LogP contribution in [0, 0.1) is 20.8 Å². The van der Waals surface area contributed by atoms with Gasteiger partial charge in [0.25, 0.3) is 5.91 Å². The molecule has 0 aliphatic carbocycles. The summed E-state index contributed by atoms with van der Waals surface area (Å²) >= 11 is 0. The Hall–Kier alpha value is -4.08. The lowest BCUT2D eigenvalue weighted by Crippen LogP contribution is -2.54. The van der Waals surface area contributed by atoms with Crippen molar-refractivity contribution in [1.29, 1.82) is 0 Å². The second-order valence-corrected chi connectivity index (χ2v) is 11.2. The largest absolute Gasteiger partial charge is 0.508 e. The van der Waals surface area contributed by atoms with Gasteiger partial charge in [0.05, 0.1) is 0 Å². The fourth-order valence-corrected chi connectivity index (χ4v) is 4.34. The molecule has 40 heavy (non-hydrogen) atoms. The molecule has 0 heterocycles. The number of primary amides is 1. The molecule has 0 saturated heterocycles.